The van der Waals surface area contributed by atoms with Crippen molar-refractivity contribution in [3.8, 4) is 28.4 Å². The van der Waals surface area contributed by atoms with Crippen LogP contribution in [0.1, 0.15) is 5.56 Å². The molecule has 9 heteroatoms. The number of phenolic OH excluding ortho intramolecular Hbond substituents is 1. The van der Waals surface area contributed by atoms with E-state index in [2.05, 4.69) is 15.0 Å². The molecule has 150 valence electrons. The molecule has 1 atom stereocenters. The molecule has 2 N–H and O–H groups in total. The first-order chi connectivity index (χ1) is 13.5. The minimum absolute atomic E-state index is 0.00760. The van der Waals surface area contributed by atoms with E-state index < -0.39 is 18.2 Å². The average Bonchev–Trinajstić information content (AvgIpc) is 2.82. The molecule has 1 saturated heterocycles. The number of piperazine rings is 1. The van der Waals surface area contributed by atoms with Crippen molar-refractivity contribution in [2.24, 2.45) is 0 Å². The molecule has 2 aliphatic rings. The summed E-state index contributed by atoms with van der Waals surface area (Å²) in [6.45, 7) is -0.381. The van der Waals surface area contributed by atoms with Gasteiger partial charge < -0.3 is 19.9 Å². The van der Waals surface area contributed by atoms with Gasteiger partial charge in [-0.05, 0) is 18.2 Å². The Morgan fingerprint density at radius 1 is 1.32 bits per heavy atom. The zero-order valence-electron chi connectivity index (χ0n) is 14.7. The predicted molar refractivity (Wildman–Crippen MR) is 97.7 cm³/mol. The van der Waals surface area contributed by atoms with Gasteiger partial charge in [0.1, 0.15) is 18.1 Å². The van der Waals surface area contributed by atoms with E-state index in [9.17, 15) is 13.9 Å². The highest BCUT2D eigenvalue weighted by Gasteiger charge is 2.32. The van der Waals surface area contributed by atoms with E-state index >= 15 is 4.39 Å². The van der Waals surface area contributed by atoms with Gasteiger partial charge in [-0.3, -0.25) is 4.90 Å². The van der Waals surface area contributed by atoms with E-state index in [0.717, 1.165) is 13.1 Å². The monoisotopic (exact) mass is 414 g/mol. The van der Waals surface area contributed by atoms with E-state index in [4.69, 9.17) is 16.3 Å². The summed E-state index contributed by atoms with van der Waals surface area (Å²) in [6, 6.07) is 5.58. The van der Waals surface area contributed by atoms with Crippen molar-refractivity contribution in [3.63, 3.8) is 0 Å². The number of ether oxygens (including phenoxy) is 2. The fraction of sp³-hybridized carbons (Fsp3) is 0.368. The van der Waals surface area contributed by atoms with E-state index in [1.807, 2.05) is 0 Å². The Morgan fingerprint density at radius 2 is 2.14 bits per heavy atom. The number of nitrogens with one attached hydrogen (secondary N) is 1. The summed E-state index contributed by atoms with van der Waals surface area (Å²) in [4.78, 5) is 2.11. The molecule has 2 aromatic rings. The summed E-state index contributed by atoms with van der Waals surface area (Å²) in [5.41, 5.74) is -0.0552. The van der Waals surface area contributed by atoms with Crippen LogP contribution in [-0.2, 0) is 6.54 Å². The SMILES string of the molecule is Oc1cccc(Cl)c1-c1c(OC(F)F)cc2c(c1F)OC[C@H]1CNCCN1C2. The number of aromatic hydroxyl groups is 1. The minimum Gasteiger partial charge on any atom is -0.507 e. The molecule has 0 aliphatic carbocycles. The molecule has 2 heterocycles. The third kappa shape index (κ3) is 3.47. The van der Waals surface area contributed by atoms with Crippen LogP contribution in [0.25, 0.3) is 11.1 Å². The third-order valence-corrected chi connectivity index (χ3v) is 5.30. The molecule has 4 rings (SSSR count). The van der Waals surface area contributed by atoms with Gasteiger partial charge in [0.25, 0.3) is 0 Å². The number of benzene rings is 2. The van der Waals surface area contributed by atoms with Gasteiger partial charge in [-0.15, -0.1) is 0 Å². The molecule has 0 bridgehead atoms. The van der Waals surface area contributed by atoms with Crippen LogP contribution in [0.5, 0.6) is 17.2 Å². The van der Waals surface area contributed by atoms with Crippen LogP contribution >= 0.6 is 11.6 Å². The molecule has 0 amide bonds. The summed E-state index contributed by atoms with van der Waals surface area (Å²) in [5, 5.41) is 13.5. The highest BCUT2D eigenvalue weighted by molar-refractivity contribution is 6.33. The van der Waals surface area contributed by atoms with Gasteiger partial charge in [-0.25, -0.2) is 4.39 Å². The van der Waals surface area contributed by atoms with E-state index in [1.165, 1.54) is 24.3 Å². The van der Waals surface area contributed by atoms with Crippen molar-refractivity contribution in [2.45, 2.75) is 19.2 Å². The van der Waals surface area contributed by atoms with Gasteiger partial charge in [-0.2, -0.15) is 8.78 Å². The highest BCUT2D eigenvalue weighted by atomic mass is 35.5. The van der Waals surface area contributed by atoms with Crippen LogP contribution < -0.4 is 14.8 Å². The number of halogens is 4. The fourth-order valence-corrected chi connectivity index (χ4v) is 3.95. The van der Waals surface area contributed by atoms with Crippen LogP contribution in [0.4, 0.5) is 13.2 Å². The second kappa shape index (κ2) is 7.69. The van der Waals surface area contributed by atoms with Gasteiger partial charge in [0, 0.05) is 37.3 Å². The lowest BCUT2D eigenvalue weighted by Gasteiger charge is -2.33. The maximum atomic E-state index is 15.5. The number of alkyl halides is 2. The lowest BCUT2D eigenvalue weighted by molar-refractivity contribution is -0.0496. The van der Waals surface area contributed by atoms with Crippen molar-refractivity contribution in [1.82, 2.24) is 10.2 Å². The number of hydrogen-bond donors (Lipinski definition) is 2. The number of hydrogen-bond acceptors (Lipinski definition) is 5. The zero-order valence-corrected chi connectivity index (χ0v) is 15.5. The molecular weight excluding hydrogens is 397 g/mol. The minimum atomic E-state index is -3.17. The second-order valence-electron chi connectivity index (χ2n) is 6.70. The number of rotatable bonds is 3. The second-order valence-corrected chi connectivity index (χ2v) is 7.11. The quantitative estimate of drug-likeness (QED) is 0.803. The first-order valence-corrected chi connectivity index (χ1v) is 9.19. The zero-order chi connectivity index (χ0) is 19.8. The summed E-state index contributed by atoms with van der Waals surface area (Å²) in [6.07, 6.45) is 0. The average molecular weight is 415 g/mol. The van der Waals surface area contributed by atoms with Gasteiger partial charge in [0.15, 0.2) is 11.6 Å². The van der Waals surface area contributed by atoms with Crippen LogP contribution in [0, 0.1) is 5.82 Å². The topological polar surface area (TPSA) is 54.0 Å². The first-order valence-electron chi connectivity index (χ1n) is 8.81. The standard InChI is InChI=1S/C19H18ClF3N2O3/c20-12-2-1-3-13(26)15(12)16-14(28-19(22)23)6-10-8-25-5-4-24-7-11(25)9-27-18(10)17(16)21/h1-3,6,11,19,24,26H,4-5,7-9H2/t11-/m1/s1. The summed E-state index contributed by atoms with van der Waals surface area (Å²) < 4.78 is 51.9. The Labute approximate surface area is 164 Å². The maximum Gasteiger partial charge on any atom is 0.387 e. The summed E-state index contributed by atoms with van der Waals surface area (Å²) >= 11 is 6.13. The first kappa shape index (κ1) is 19.2. The molecule has 1 fully saturated rings. The molecule has 0 radical (unpaired) electrons. The van der Waals surface area contributed by atoms with Gasteiger partial charge in [0.05, 0.1) is 16.6 Å². The van der Waals surface area contributed by atoms with Crippen molar-refractivity contribution in [1.29, 1.82) is 0 Å². The molecule has 2 aliphatic heterocycles. The smallest absolute Gasteiger partial charge is 0.387 e. The Bertz CT molecular complexity index is 877. The van der Waals surface area contributed by atoms with Crippen molar-refractivity contribution in [2.75, 3.05) is 26.2 Å². The van der Waals surface area contributed by atoms with Gasteiger partial charge in [0.2, 0.25) is 0 Å². The molecule has 0 unspecified atom stereocenters. The molecule has 0 spiro atoms. The van der Waals surface area contributed by atoms with Crippen LogP contribution in [0.3, 0.4) is 0 Å². The van der Waals surface area contributed by atoms with E-state index in [0.29, 0.717) is 18.7 Å². The van der Waals surface area contributed by atoms with Crippen LogP contribution in [0.15, 0.2) is 24.3 Å². The molecule has 0 saturated carbocycles. The van der Waals surface area contributed by atoms with E-state index in [-0.39, 0.29) is 40.3 Å². The molecule has 2 aromatic carbocycles. The summed E-state index contributed by atoms with van der Waals surface area (Å²) in [7, 11) is 0. The number of nitrogens with zero attached hydrogens (tertiary/aromatic N) is 1. The predicted octanol–water partition coefficient (Wildman–Crippen LogP) is 3.62. The molecule has 0 aromatic heterocycles. The maximum absolute atomic E-state index is 15.5. The largest absolute Gasteiger partial charge is 0.507 e. The Hall–Kier alpha value is -2.16. The lowest BCUT2D eigenvalue weighted by atomic mass is 9.99. The Balaban J connectivity index is 1.88. The Kier molecular flexibility index (Phi) is 5.27. The normalized spacial score (nSPS) is 19.5. The highest BCUT2D eigenvalue weighted by Crippen LogP contribution is 2.47. The van der Waals surface area contributed by atoms with Crippen LogP contribution in [0.2, 0.25) is 5.02 Å². The molecule has 5 nitrogen and oxygen atoms in total. The van der Waals surface area contributed by atoms with Crippen molar-refractivity contribution >= 4 is 11.6 Å². The third-order valence-electron chi connectivity index (χ3n) is 4.99. The van der Waals surface area contributed by atoms with Crippen molar-refractivity contribution in [3.05, 3.63) is 40.7 Å². The summed E-state index contributed by atoms with van der Waals surface area (Å²) in [5.74, 6) is -1.66. The molecule has 28 heavy (non-hydrogen) atoms. The number of fused-ring (bicyclic) bond motifs is 2. The van der Waals surface area contributed by atoms with Gasteiger partial charge in [-0.1, -0.05) is 17.7 Å². The number of phenols is 1. The fourth-order valence-electron chi connectivity index (χ4n) is 3.69. The van der Waals surface area contributed by atoms with E-state index in [1.54, 1.807) is 0 Å². The lowest BCUT2D eigenvalue weighted by Crippen LogP contribution is -2.52. The molecular formula is C19H18ClF3N2O3. The van der Waals surface area contributed by atoms with Crippen molar-refractivity contribution < 1.29 is 27.8 Å². The van der Waals surface area contributed by atoms with Gasteiger partial charge >= 0.3 is 6.61 Å². The Morgan fingerprint density at radius 3 is 2.89 bits per heavy atom. The van der Waals surface area contributed by atoms with Crippen LogP contribution in [-0.4, -0.2) is 48.9 Å².